The molecule has 6 heteroatoms. The first-order valence-electron chi connectivity index (χ1n) is 6.67. The molecule has 0 saturated heterocycles. The Hall–Kier alpha value is -2.21. The van der Waals surface area contributed by atoms with Crippen molar-refractivity contribution in [2.24, 2.45) is 0 Å². The summed E-state index contributed by atoms with van der Waals surface area (Å²) in [5.74, 6) is -1.06. The fourth-order valence-electron chi connectivity index (χ4n) is 1.75. The smallest absolute Gasteiger partial charge is 0.305 e. The van der Waals surface area contributed by atoms with Gasteiger partial charge in [0, 0.05) is 12.0 Å². The number of esters is 1. The molecule has 0 heterocycles. The van der Waals surface area contributed by atoms with Crippen LogP contribution in [0.2, 0.25) is 0 Å². The molecule has 1 rings (SSSR count). The van der Waals surface area contributed by atoms with Gasteiger partial charge in [0.15, 0.2) is 0 Å². The minimum absolute atomic E-state index is 0.0970. The van der Waals surface area contributed by atoms with Crippen molar-refractivity contribution in [2.75, 3.05) is 27.2 Å². The number of nitrogens with one attached hydrogen (secondary N) is 1. The van der Waals surface area contributed by atoms with Crippen molar-refractivity contribution < 1.29 is 19.1 Å². The number of amides is 2. The van der Waals surface area contributed by atoms with E-state index >= 15 is 0 Å². The second kappa shape index (κ2) is 8.86. The minimum Gasteiger partial charge on any atom is -0.469 e. The van der Waals surface area contributed by atoms with Gasteiger partial charge in [-0.25, -0.2) is 0 Å². The van der Waals surface area contributed by atoms with E-state index in [4.69, 9.17) is 0 Å². The lowest BCUT2D eigenvalue weighted by Gasteiger charge is -2.15. The maximum Gasteiger partial charge on any atom is 0.305 e. The van der Waals surface area contributed by atoms with Gasteiger partial charge in [0.2, 0.25) is 5.91 Å². The molecule has 2 amide bonds. The highest BCUT2D eigenvalue weighted by molar-refractivity contribution is 6.05. The second-order valence-electron chi connectivity index (χ2n) is 4.66. The third kappa shape index (κ3) is 6.67. The number of carbonyl (C=O) groups excluding carboxylic acids is 3. The van der Waals surface area contributed by atoms with Crippen LogP contribution in [0.4, 0.5) is 0 Å². The number of hydrogen-bond acceptors (Lipinski definition) is 5. The van der Waals surface area contributed by atoms with Crippen LogP contribution in [-0.2, 0) is 14.3 Å². The van der Waals surface area contributed by atoms with E-state index in [1.165, 1.54) is 7.11 Å². The average Bonchev–Trinajstić information content (AvgIpc) is 2.47. The van der Waals surface area contributed by atoms with Crippen LogP contribution >= 0.6 is 0 Å². The molecule has 0 spiro atoms. The summed E-state index contributed by atoms with van der Waals surface area (Å²) in [6.07, 6.45) is 0.911. The Morgan fingerprint density at radius 3 is 2.48 bits per heavy atom. The molecule has 0 aliphatic carbocycles. The van der Waals surface area contributed by atoms with Crippen molar-refractivity contribution in [3.8, 4) is 0 Å². The number of methoxy groups -OCH3 is 1. The molecule has 6 nitrogen and oxygen atoms in total. The van der Waals surface area contributed by atoms with Gasteiger partial charge in [0.1, 0.15) is 0 Å². The van der Waals surface area contributed by atoms with E-state index in [0.29, 0.717) is 24.9 Å². The lowest BCUT2D eigenvalue weighted by molar-refractivity contribution is -0.140. The first kappa shape index (κ1) is 16.8. The molecule has 0 aliphatic heterocycles. The average molecular weight is 292 g/mol. The Kier molecular flexibility index (Phi) is 7.11. The second-order valence-corrected chi connectivity index (χ2v) is 4.66. The van der Waals surface area contributed by atoms with E-state index in [-0.39, 0.29) is 18.4 Å². The highest BCUT2D eigenvalue weighted by Gasteiger charge is 2.12. The van der Waals surface area contributed by atoms with Crippen LogP contribution in [0.1, 0.15) is 23.2 Å². The Balaban J connectivity index is 2.30. The van der Waals surface area contributed by atoms with Gasteiger partial charge in [-0.05, 0) is 32.1 Å². The summed E-state index contributed by atoms with van der Waals surface area (Å²) in [6.45, 7) is 0.668. The number of hydrogen-bond donors (Lipinski definition) is 1. The zero-order valence-electron chi connectivity index (χ0n) is 12.3. The van der Waals surface area contributed by atoms with Crippen LogP contribution in [0, 0.1) is 0 Å². The molecule has 0 aliphatic rings. The van der Waals surface area contributed by atoms with Gasteiger partial charge < -0.3 is 4.74 Å². The molecule has 0 fully saturated rings. The molecule has 0 unspecified atom stereocenters. The van der Waals surface area contributed by atoms with E-state index in [0.717, 1.165) is 0 Å². The molecule has 1 aromatic carbocycles. The van der Waals surface area contributed by atoms with E-state index < -0.39 is 5.91 Å². The Labute approximate surface area is 124 Å². The number of likely N-dealkylation sites (N-methyl/N-ethyl adjacent to an activating group) is 1. The van der Waals surface area contributed by atoms with Crippen LogP contribution < -0.4 is 5.32 Å². The van der Waals surface area contributed by atoms with E-state index in [9.17, 15) is 14.4 Å². The summed E-state index contributed by atoms with van der Waals surface area (Å²) in [5, 5.41) is 2.33. The zero-order valence-corrected chi connectivity index (χ0v) is 12.3. The lowest BCUT2D eigenvalue weighted by atomic mass is 10.2. The Morgan fingerprint density at radius 2 is 1.86 bits per heavy atom. The van der Waals surface area contributed by atoms with E-state index in [1.807, 2.05) is 0 Å². The van der Waals surface area contributed by atoms with Crippen LogP contribution in [0.5, 0.6) is 0 Å². The predicted octanol–water partition coefficient (Wildman–Crippen LogP) is 0.828. The normalized spacial score (nSPS) is 10.2. The largest absolute Gasteiger partial charge is 0.469 e. The molecule has 0 aromatic heterocycles. The number of imide groups is 1. The fourth-order valence-corrected chi connectivity index (χ4v) is 1.75. The van der Waals surface area contributed by atoms with Gasteiger partial charge in [0.25, 0.3) is 5.91 Å². The number of benzene rings is 1. The molecule has 0 atom stereocenters. The Bertz CT molecular complexity index is 488. The molecule has 1 N–H and O–H groups in total. The first-order chi connectivity index (χ1) is 10.0. The molecule has 1 aromatic rings. The SMILES string of the molecule is COC(=O)CCCN(C)CC(=O)NC(=O)c1ccccc1. The number of ether oxygens (including phenoxy) is 1. The maximum absolute atomic E-state index is 11.8. The molecular weight excluding hydrogens is 272 g/mol. The quantitative estimate of drug-likeness (QED) is 0.753. The van der Waals surface area contributed by atoms with E-state index in [2.05, 4.69) is 10.1 Å². The number of carbonyl (C=O) groups is 3. The van der Waals surface area contributed by atoms with Gasteiger partial charge in [-0.2, -0.15) is 0 Å². The fraction of sp³-hybridized carbons (Fsp3) is 0.400. The third-order valence-corrected chi connectivity index (χ3v) is 2.85. The van der Waals surface area contributed by atoms with Crippen LogP contribution in [0.25, 0.3) is 0 Å². The molecule has 0 bridgehead atoms. The molecular formula is C15H20N2O4. The maximum atomic E-state index is 11.8. The van der Waals surface area contributed by atoms with Crippen LogP contribution in [-0.4, -0.2) is 49.9 Å². The van der Waals surface area contributed by atoms with Gasteiger partial charge in [-0.3, -0.25) is 24.6 Å². The summed E-state index contributed by atoms with van der Waals surface area (Å²) < 4.78 is 4.53. The topological polar surface area (TPSA) is 75.7 Å². The molecule has 21 heavy (non-hydrogen) atoms. The highest BCUT2D eigenvalue weighted by atomic mass is 16.5. The summed E-state index contributed by atoms with van der Waals surface area (Å²) >= 11 is 0. The van der Waals surface area contributed by atoms with E-state index in [1.54, 1.807) is 42.3 Å². The minimum atomic E-state index is -0.413. The standard InChI is InChI=1S/C15H20N2O4/c1-17(10-6-9-14(19)21-2)11-13(18)16-15(20)12-7-4-3-5-8-12/h3-5,7-8H,6,9-11H2,1-2H3,(H,16,18,20). The Morgan fingerprint density at radius 1 is 1.19 bits per heavy atom. The van der Waals surface area contributed by atoms with Gasteiger partial charge in [0.05, 0.1) is 13.7 Å². The third-order valence-electron chi connectivity index (χ3n) is 2.85. The van der Waals surface area contributed by atoms with Crippen molar-refractivity contribution in [1.29, 1.82) is 0 Å². The summed E-state index contributed by atoms with van der Waals surface area (Å²) in [5.41, 5.74) is 0.444. The summed E-state index contributed by atoms with van der Waals surface area (Å²) in [7, 11) is 3.10. The predicted molar refractivity (Wildman–Crippen MR) is 77.7 cm³/mol. The lowest BCUT2D eigenvalue weighted by Crippen LogP contribution is -2.38. The zero-order chi connectivity index (χ0) is 15.7. The van der Waals surface area contributed by atoms with Crippen LogP contribution in [0.3, 0.4) is 0 Å². The van der Waals surface area contributed by atoms with Gasteiger partial charge in [-0.1, -0.05) is 18.2 Å². The van der Waals surface area contributed by atoms with Crippen LogP contribution in [0.15, 0.2) is 30.3 Å². The van der Waals surface area contributed by atoms with Crippen molar-refractivity contribution >= 4 is 17.8 Å². The van der Waals surface area contributed by atoms with Gasteiger partial charge in [-0.15, -0.1) is 0 Å². The first-order valence-corrected chi connectivity index (χ1v) is 6.67. The van der Waals surface area contributed by atoms with Crippen molar-refractivity contribution in [2.45, 2.75) is 12.8 Å². The number of rotatable bonds is 7. The highest BCUT2D eigenvalue weighted by Crippen LogP contribution is 1.98. The molecule has 0 saturated carbocycles. The van der Waals surface area contributed by atoms with Crippen molar-refractivity contribution in [3.63, 3.8) is 0 Å². The molecule has 0 radical (unpaired) electrons. The van der Waals surface area contributed by atoms with Gasteiger partial charge >= 0.3 is 5.97 Å². The molecule has 114 valence electrons. The van der Waals surface area contributed by atoms with Crippen molar-refractivity contribution in [1.82, 2.24) is 10.2 Å². The summed E-state index contributed by atoms with van der Waals surface area (Å²) in [4.78, 5) is 36.2. The number of nitrogens with zero attached hydrogens (tertiary/aromatic N) is 1. The monoisotopic (exact) mass is 292 g/mol. The van der Waals surface area contributed by atoms with Crippen molar-refractivity contribution in [3.05, 3.63) is 35.9 Å². The summed E-state index contributed by atoms with van der Waals surface area (Å²) in [6, 6.07) is 8.55.